The van der Waals surface area contributed by atoms with Gasteiger partial charge in [0.2, 0.25) is 5.91 Å². The van der Waals surface area contributed by atoms with Gasteiger partial charge in [-0.25, -0.2) is 4.98 Å². The Balaban J connectivity index is 2.19. The Labute approximate surface area is 93.8 Å². The van der Waals surface area contributed by atoms with Gasteiger partial charge in [0.15, 0.2) is 0 Å². The van der Waals surface area contributed by atoms with Gasteiger partial charge in [0, 0.05) is 24.3 Å². The molecule has 3 rings (SSSR count). The zero-order chi connectivity index (χ0) is 11.2. The molecule has 1 amide bonds. The van der Waals surface area contributed by atoms with Gasteiger partial charge in [-0.3, -0.25) is 4.79 Å². The number of anilines is 1. The van der Waals surface area contributed by atoms with Crippen molar-refractivity contribution in [2.45, 2.75) is 12.3 Å². The summed E-state index contributed by atoms with van der Waals surface area (Å²) in [5, 5.41) is 6.09. The molecule has 16 heavy (non-hydrogen) atoms. The number of pyridine rings is 1. The smallest absolute Gasteiger partial charge is 0.241 e. The van der Waals surface area contributed by atoms with Gasteiger partial charge in [0.25, 0.3) is 0 Å². The molecule has 2 aliphatic heterocycles. The van der Waals surface area contributed by atoms with Crippen molar-refractivity contribution < 1.29 is 4.79 Å². The van der Waals surface area contributed by atoms with Crippen molar-refractivity contribution in [2.75, 3.05) is 18.4 Å². The van der Waals surface area contributed by atoms with Gasteiger partial charge in [-0.15, -0.1) is 0 Å². The Kier molecular flexibility index (Phi) is 1.88. The second-order valence-electron chi connectivity index (χ2n) is 4.31. The van der Waals surface area contributed by atoms with E-state index in [1.54, 1.807) is 0 Å². The molecule has 4 heteroatoms. The van der Waals surface area contributed by atoms with Gasteiger partial charge in [0.05, 0.1) is 0 Å². The number of carbonyl (C=O) groups excluding carboxylic acids is 1. The molecule has 1 aromatic rings. The lowest BCUT2D eigenvalue weighted by molar-refractivity contribution is -0.119. The molecule has 0 fully saturated rings. The van der Waals surface area contributed by atoms with E-state index in [1.165, 1.54) is 0 Å². The second kappa shape index (κ2) is 3.15. The monoisotopic (exact) mass is 215 g/mol. The third-order valence-corrected chi connectivity index (χ3v) is 3.22. The number of amides is 1. The average molecular weight is 215 g/mol. The van der Waals surface area contributed by atoms with E-state index < -0.39 is 5.41 Å². The van der Waals surface area contributed by atoms with E-state index in [4.69, 9.17) is 0 Å². The van der Waals surface area contributed by atoms with Crippen LogP contribution in [-0.2, 0) is 10.2 Å². The first-order valence-corrected chi connectivity index (χ1v) is 5.40. The molecule has 2 N–H and O–H groups in total. The average Bonchev–Trinajstić information content (AvgIpc) is 2.53. The van der Waals surface area contributed by atoms with Crippen LogP contribution in [0.15, 0.2) is 24.3 Å². The summed E-state index contributed by atoms with van der Waals surface area (Å²) >= 11 is 0. The molecule has 0 bridgehead atoms. The van der Waals surface area contributed by atoms with Gasteiger partial charge < -0.3 is 10.6 Å². The largest absolute Gasteiger partial charge is 0.312 e. The Hall–Kier alpha value is -1.68. The Morgan fingerprint density at radius 1 is 1.44 bits per heavy atom. The number of nitrogens with zero attached hydrogens (tertiary/aromatic N) is 1. The molecule has 2 aliphatic rings. The summed E-state index contributed by atoms with van der Waals surface area (Å²) in [5.41, 5.74) is 1.35. The number of hydrogen-bond donors (Lipinski definition) is 2. The van der Waals surface area contributed by atoms with Crippen molar-refractivity contribution in [2.24, 2.45) is 0 Å². The molecule has 0 aliphatic carbocycles. The van der Waals surface area contributed by atoms with Crippen LogP contribution in [0.1, 0.15) is 11.3 Å². The fourth-order valence-electron chi connectivity index (χ4n) is 2.37. The zero-order valence-electron chi connectivity index (χ0n) is 9.08. The van der Waals surface area contributed by atoms with Crippen LogP contribution in [0.25, 0.3) is 0 Å². The quantitative estimate of drug-likeness (QED) is 0.628. The Bertz CT molecular complexity index is 495. The zero-order valence-corrected chi connectivity index (χ0v) is 9.08. The van der Waals surface area contributed by atoms with Crippen LogP contribution in [-0.4, -0.2) is 24.0 Å². The lowest BCUT2D eigenvalue weighted by Gasteiger charge is -2.26. The SMILES string of the molecule is Cc1ccc2c(n1)NC(=O)[C@]21C=CCNC1. The highest BCUT2D eigenvalue weighted by Gasteiger charge is 2.46. The van der Waals surface area contributed by atoms with Gasteiger partial charge in [-0.2, -0.15) is 0 Å². The van der Waals surface area contributed by atoms with Crippen LogP contribution < -0.4 is 10.6 Å². The maximum atomic E-state index is 12.1. The summed E-state index contributed by atoms with van der Waals surface area (Å²) in [6.45, 7) is 3.39. The second-order valence-corrected chi connectivity index (χ2v) is 4.31. The molecule has 1 spiro atoms. The number of carbonyl (C=O) groups is 1. The number of aryl methyl sites for hydroxylation is 1. The lowest BCUT2D eigenvalue weighted by Crippen LogP contribution is -2.44. The number of aromatic nitrogens is 1. The molecule has 0 aromatic carbocycles. The molecule has 0 radical (unpaired) electrons. The molecular weight excluding hydrogens is 202 g/mol. The van der Waals surface area contributed by atoms with Crippen molar-refractivity contribution in [3.05, 3.63) is 35.5 Å². The minimum Gasteiger partial charge on any atom is -0.312 e. The summed E-state index contributed by atoms with van der Waals surface area (Å²) in [6, 6.07) is 3.94. The van der Waals surface area contributed by atoms with E-state index in [1.807, 2.05) is 31.2 Å². The van der Waals surface area contributed by atoms with E-state index in [9.17, 15) is 4.79 Å². The van der Waals surface area contributed by atoms with E-state index in [-0.39, 0.29) is 5.91 Å². The number of hydrogen-bond acceptors (Lipinski definition) is 3. The van der Waals surface area contributed by atoms with Crippen LogP contribution >= 0.6 is 0 Å². The molecule has 82 valence electrons. The van der Waals surface area contributed by atoms with Gasteiger partial charge in [-0.05, 0) is 13.0 Å². The standard InChI is InChI=1S/C12H13N3O/c1-8-3-4-9-10(14-8)15-11(16)12(9)5-2-6-13-7-12/h2-5,13H,6-7H2,1H3,(H,14,15,16)/t12-/m0/s1. The van der Waals surface area contributed by atoms with Gasteiger partial charge in [0.1, 0.15) is 11.2 Å². The van der Waals surface area contributed by atoms with Crippen molar-refractivity contribution in [1.29, 1.82) is 0 Å². The van der Waals surface area contributed by atoms with E-state index in [0.717, 1.165) is 17.8 Å². The molecule has 0 unspecified atom stereocenters. The van der Waals surface area contributed by atoms with Crippen LogP contribution in [0.5, 0.6) is 0 Å². The normalized spacial score (nSPS) is 26.9. The molecule has 0 saturated carbocycles. The van der Waals surface area contributed by atoms with E-state index in [0.29, 0.717) is 12.4 Å². The third kappa shape index (κ3) is 1.13. The van der Waals surface area contributed by atoms with Gasteiger partial charge in [-0.1, -0.05) is 18.2 Å². The summed E-state index contributed by atoms with van der Waals surface area (Å²) < 4.78 is 0. The first-order valence-electron chi connectivity index (χ1n) is 5.40. The summed E-state index contributed by atoms with van der Waals surface area (Å²) in [7, 11) is 0. The molecule has 1 atom stereocenters. The molecular formula is C12H13N3O. The summed E-state index contributed by atoms with van der Waals surface area (Å²) in [6.07, 6.45) is 3.99. The maximum absolute atomic E-state index is 12.1. The predicted octanol–water partition coefficient (Wildman–Crippen LogP) is 0.739. The minimum atomic E-state index is -0.547. The van der Waals surface area contributed by atoms with Crippen molar-refractivity contribution in [3.8, 4) is 0 Å². The highest BCUT2D eigenvalue weighted by Crippen LogP contribution is 2.38. The molecule has 3 heterocycles. The molecule has 4 nitrogen and oxygen atoms in total. The highest BCUT2D eigenvalue weighted by atomic mass is 16.2. The maximum Gasteiger partial charge on any atom is 0.241 e. The van der Waals surface area contributed by atoms with E-state index >= 15 is 0 Å². The molecule has 1 aromatic heterocycles. The number of rotatable bonds is 0. The Morgan fingerprint density at radius 3 is 3.06 bits per heavy atom. The van der Waals surface area contributed by atoms with Crippen LogP contribution in [0.3, 0.4) is 0 Å². The fourth-order valence-corrected chi connectivity index (χ4v) is 2.37. The van der Waals surface area contributed by atoms with E-state index in [2.05, 4.69) is 15.6 Å². The Morgan fingerprint density at radius 2 is 2.31 bits per heavy atom. The van der Waals surface area contributed by atoms with Crippen molar-refractivity contribution >= 4 is 11.7 Å². The number of fused-ring (bicyclic) bond motifs is 2. The summed E-state index contributed by atoms with van der Waals surface area (Å²) in [5.74, 6) is 0.724. The first kappa shape index (κ1) is 9.54. The minimum absolute atomic E-state index is 0.0176. The topological polar surface area (TPSA) is 54.0 Å². The van der Waals surface area contributed by atoms with Crippen LogP contribution in [0, 0.1) is 6.92 Å². The van der Waals surface area contributed by atoms with Gasteiger partial charge >= 0.3 is 0 Å². The number of nitrogens with one attached hydrogen (secondary N) is 2. The highest BCUT2D eigenvalue weighted by molar-refractivity contribution is 6.07. The van der Waals surface area contributed by atoms with Crippen LogP contribution in [0.4, 0.5) is 5.82 Å². The van der Waals surface area contributed by atoms with Crippen LogP contribution in [0.2, 0.25) is 0 Å². The van der Waals surface area contributed by atoms with Crippen molar-refractivity contribution in [3.63, 3.8) is 0 Å². The fraction of sp³-hybridized carbons (Fsp3) is 0.333. The third-order valence-electron chi connectivity index (χ3n) is 3.22. The molecule has 0 saturated heterocycles. The summed E-state index contributed by atoms with van der Waals surface area (Å²) in [4.78, 5) is 16.4. The lowest BCUT2D eigenvalue weighted by atomic mass is 9.80. The first-order chi connectivity index (χ1) is 7.72. The van der Waals surface area contributed by atoms with Crippen molar-refractivity contribution in [1.82, 2.24) is 10.3 Å². The predicted molar refractivity (Wildman–Crippen MR) is 61.3 cm³/mol.